The topological polar surface area (TPSA) is 15.3 Å². The third-order valence-electron chi connectivity index (χ3n) is 4.80. The van der Waals surface area contributed by atoms with Crippen LogP contribution in [0.4, 0.5) is 0 Å². The van der Waals surface area contributed by atoms with Gasteiger partial charge < -0.3 is 10.2 Å². The Bertz CT molecular complexity index is 412. The molecule has 2 rings (SSSR count). The zero-order valence-electron chi connectivity index (χ0n) is 14.1. The van der Waals surface area contributed by atoms with Gasteiger partial charge >= 0.3 is 0 Å². The summed E-state index contributed by atoms with van der Waals surface area (Å²) in [4.78, 5) is 2.53. The molecule has 0 heterocycles. The van der Waals surface area contributed by atoms with Crippen LogP contribution in [0.5, 0.6) is 0 Å². The second-order valence-corrected chi connectivity index (χ2v) is 6.71. The highest BCUT2D eigenvalue weighted by molar-refractivity contribution is 5.28. The van der Waals surface area contributed by atoms with E-state index in [0.29, 0.717) is 6.04 Å². The number of benzene rings is 1. The summed E-state index contributed by atoms with van der Waals surface area (Å²) in [6.45, 7) is 8.05. The summed E-state index contributed by atoms with van der Waals surface area (Å²) in [5.74, 6) is 0.968. The molecule has 1 aliphatic rings. The molecule has 118 valence electrons. The van der Waals surface area contributed by atoms with Crippen LogP contribution in [0.3, 0.4) is 0 Å². The first-order chi connectivity index (χ1) is 10.2. The van der Waals surface area contributed by atoms with Crippen LogP contribution in [0, 0.1) is 12.8 Å². The summed E-state index contributed by atoms with van der Waals surface area (Å²) in [5, 5.41) is 3.74. The van der Waals surface area contributed by atoms with E-state index in [1.54, 1.807) is 0 Å². The maximum absolute atomic E-state index is 3.74. The van der Waals surface area contributed by atoms with Gasteiger partial charge in [0.1, 0.15) is 0 Å². The maximum atomic E-state index is 3.74. The molecule has 1 aliphatic carbocycles. The number of nitrogens with one attached hydrogen (secondary N) is 1. The zero-order valence-corrected chi connectivity index (χ0v) is 14.1. The summed E-state index contributed by atoms with van der Waals surface area (Å²) in [7, 11) is 2.28. The van der Waals surface area contributed by atoms with Crippen LogP contribution in [-0.4, -0.2) is 31.6 Å². The molecule has 1 aromatic rings. The Morgan fingerprint density at radius 1 is 1.29 bits per heavy atom. The smallest absolute Gasteiger partial charge is 0.0335 e. The number of hydrogen-bond donors (Lipinski definition) is 1. The van der Waals surface area contributed by atoms with Crippen LogP contribution in [0.25, 0.3) is 0 Å². The largest absolute Gasteiger partial charge is 0.310 e. The third-order valence-corrected chi connectivity index (χ3v) is 4.80. The Hall–Kier alpha value is -0.860. The van der Waals surface area contributed by atoms with E-state index in [-0.39, 0.29) is 0 Å². The van der Waals surface area contributed by atoms with Crippen molar-refractivity contribution < 1.29 is 0 Å². The fraction of sp³-hybridized carbons (Fsp3) is 0.684. The Morgan fingerprint density at radius 2 is 2.05 bits per heavy atom. The SMILES string of the molecule is CCCNC(CCN(C)CC1CCC1)c1ccccc1C. The van der Waals surface area contributed by atoms with E-state index in [0.717, 1.165) is 12.5 Å². The summed E-state index contributed by atoms with van der Waals surface area (Å²) in [6, 6.07) is 9.32. The Balaban J connectivity index is 1.88. The van der Waals surface area contributed by atoms with Crippen molar-refractivity contribution in [2.24, 2.45) is 5.92 Å². The van der Waals surface area contributed by atoms with E-state index in [9.17, 15) is 0 Å². The van der Waals surface area contributed by atoms with Crippen molar-refractivity contribution in [3.05, 3.63) is 35.4 Å². The predicted molar refractivity (Wildman–Crippen MR) is 91.7 cm³/mol. The van der Waals surface area contributed by atoms with E-state index in [1.807, 2.05) is 0 Å². The average molecular weight is 288 g/mol. The first kappa shape index (κ1) is 16.5. The molecule has 0 radical (unpaired) electrons. The van der Waals surface area contributed by atoms with Gasteiger partial charge in [-0.15, -0.1) is 0 Å². The molecule has 1 aromatic carbocycles. The van der Waals surface area contributed by atoms with Gasteiger partial charge in [0.05, 0.1) is 0 Å². The van der Waals surface area contributed by atoms with Gasteiger partial charge in [-0.1, -0.05) is 37.6 Å². The summed E-state index contributed by atoms with van der Waals surface area (Å²) >= 11 is 0. The Labute approximate surface area is 130 Å². The van der Waals surface area contributed by atoms with Gasteiger partial charge in [-0.05, 0) is 69.8 Å². The van der Waals surface area contributed by atoms with Crippen molar-refractivity contribution >= 4 is 0 Å². The van der Waals surface area contributed by atoms with Crippen molar-refractivity contribution in [1.82, 2.24) is 10.2 Å². The van der Waals surface area contributed by atoms with Gasteiger partial charge in [-0.25, -0.2) is 0 Å². The lowest BCUT2D eigenvalue weighted by atomic mass is 9.85. The number of rotatable bonds is 9. The first-order valence-corrected chi connectivity index (χ1v) is 8.68. The second-order valence-electron chi connectivity index (χ2n) is 6.71. The fourth-order valence-electron chi connectivity index (χ4n) is 3.22. The van der Waals surface area contributed by atoms with E-state index < -0.39 is 0 Å². The molecule has 1 unspecified atom stereocenters. The quantitative estimate of drug-likeness (QED) is 0.734. The van der Waals surface area contributed by atoms with E-state index in [2.05, 4.69) is 55.4 Å². The van der Waals surface area contributed by atoms with Crippen LogP contribution in [-0.2, 0) is 0 Å². The molecule has 0 bridgehead atoms. The van der Waals surface area contributed by atoms with E-state index >= 15 is 0 Å². The lowest BCUT2D eigenvalue weighted by Gasteiger charge is -2.31. The summed E-state index contributed by atoms with van der Waals surface area (Å²) in [6.07, 6.45) is 6.73. The van der Waals surface area contributed by atoms with Gasteiger partial charge in [0.25, 0.3) is 0 Å². The highest BCUT2D eigenvalue weighted by atomic mass is 15.1. The molecule has 1 fully saturated rings. The molecule has 1 saturated carbocycles. The molecule has 0 amide bonds. The molecule has 21 heavy (non-hydrogen) atoms. The summed E-state index contributed by atoms with van der Waals surface area (Å²) in [5.41, 5.74) is 2.88. The number of aryl methyl sites for hydroxylation is 1. The van der Waals surface area contributed by atoms with Crippen molar-refractivity contribution in [2.75, 3.05) is 26.7 Å². The second kappa shape index (κ2) is 8.55. The molecule has 1 N–H and O–H groups in total. The minimum Gasteiger partial charge on any atom is -0.310 e. The number of hydrogen-bond acceptors (Lipinski definition) is 2. The van der Waals surface area contributed by atoms with Crippen LogP contribution < -0.4 is 5.32 Å². The molecular weight excluding hydrogens is 256 g/mol. The molecule has 0 aliphatic heterocycles. The van der Waals surface area contributed by atoms with Crippen LogP contribution in [0.2, 0.25) is 0 Å². The van der Waals surface area contributed by atoms with Gasteiger partial charge in [-0.3, -0.25) is 0 Å². The summed E-state index contributed by atoms with van der Waals surface area (Å²) < 4.78 is 0. The number of nitrogens with zero attached hydrogens (tertiary/aromatic N) is 1. The first-order valence-electron chi connectivity index (χ1n) is 8.68. The van der Waals surface area contributed by atoms with Crippen molar-refractivity contribution in [3.8, 4) is 0 Å². The normalized spacial score (nSPS) is 17.0. The van der Waals surface area contributed by atoms with Crippen molar-refractivity contribution in [2.45, 2.75) is 52.0 Å². The average Bonchev–Trinajstić information content (AvgIpc) is 2.44. The molecular formula is C19H32N2. The van der Waals surface area contributed by atoms with Gasteiger partial charge in [0, 0.05) is 12.6 Å². The standard InChI is InChI=1S/C19H32N2/c1-4-13-20-19(18-11-6-5-8-16(18)2)12-14-21(3)15-17-9-7-10-17/h5-6,8,11,17,19-20H,4,7,9-10,12-15H2,1-3H3. The van der Waals surface area contributed by atoms with Gasteiger partial charge in [-0.2, -0.15) is 0 Å². The van der Waals surface area contributed by atoms with Gasteiger partial charge in [0.15, 0.2) is 0 Å². The fourth-order valence-corrected chi connectivity index (χ4v) is 3.22. The molecule has 1 atom stereocenters. The monoisotopic (exact) mass is 288 g/mol. The minimum atomic E-state index is 0.495. The van der Waals surface area contributed by atoms with E-state index in [4.69, 9.17) is 0 Å². The van der Waals surface area contributed by atoms with E-state index in [1.165, 1.54) is 56.3 Å². The predicted octanol–water partition coefficient (Wildman–Crippen LogP) is 4.16. The van der Waals surface area contributed by atoms with Crippen LogP contribution >= 0.6 is 0 Å². The van der Waals surface area contributed by atoms with Crippen molar-refractivity contribution in [3.63, 3.8) is 0 Å². The molecule has 2 heteroatoms. The zero-order chi connectivity index (χ0) is 15.1. The lowest BCUT2D eigenvalue weighted by Crippen LogP contribution is -2.33. The molecule has 0 aromatic heterocycles. The van der Waals surface area contributed by atoms with Gasteiger partial charge in [0.2, 0.25) is 0 Å². The Morgan fingerprint density at radius 3 is 2.67 bits per heavy atom. The molecule has 2 nitrogen and oxygen atoms in total. The minimum absolute atomic E-state index is 0.495. The Kier molecular flexibility index (Phi) is 6.72. The third kappa shape index (κ3) is 5.12. The molecule has 0 saturated heterocycles. The highest BCUT2D eigenvalue weighted by Crippen LogP contribution is 2.27. The highest BCUT2D eigenvalue weighted by Gasteiger charge is 2.20. The van der Waals surface area contributed by atoms with Crippen molar-refractivity contribution in [1.29, 1.82) is 0 Å². The van der Waals surface area contributed by atoms with Crippen LogP contribution in [0.15, 0.2) is 24.3 Å². The molecule has 0 spiro atoms. The maximum Gasteiger partial charge on any atom is 0.0335 e. The van der Waals surface area contributed by atoms with Crippen LogP contribution in [0.1, 0.15) is 56.2 Å². The lowest BCUT2D eigenvalue weighted by molar-refractivity contribution is 0.199.